The molecule has 84 valence electrons. The molecule has 1 fully saturated rings. The number of imidazole rings is 1. The highest BCUT2D eigenvalue weighted by Crippen LogP contribution is 2.23. The molecule has 2 heterocycles. The first kappa shape index (κ1) is 10.7. The van der Waals surface area contributed by atoms with E-state index in [1.165, 1.54) is 37.3 Å². The van der Waals surface area contributed by atoms with Crippen molar-refractivity contribution in [3.8, 4) is 0 Å². The van der Waals surface area contributed by atoms with Crippen LogP contribution in [0, 0.1) is 6.92 Å². The standard InChI is InChI=1S/C12H21N3/c1-3-7-15-10(2)8-14-12(15)11-5-4-6-13-9-11/h8,11,13H,3-7,9H2,1-2H3. The maximum absolute atomic E-state index is 4.58. The lowest BCUT2D eigenvalue weighted by molar-refractivity contribution is 0.430. The third-order valence-corrected chi connectivity index (χ3v) is 3.20. The van der Waals surface area contributed by atoms with E-state index in [0.717, 1.165) is 13.1 Å². The van der Waals surface area contributed by atoms with Crippen molar-refractivity contribution in [2.75, 3.05) is 13.1 Å². The van der Waals surface area contributed by atoms with Crippen LogP contribution in [0.15, 0.2) is 6.20 Å². The molecule has 1 aromatic heterocycles. The largest absolute Gasteiger partial charge is 0.332 e. The van der Waals surface area contributed by atoms with Crippen LogP contribution in [0.4, 0.5) is 0 Å². The Kier molecular flexibility index (Phi) is 3.41. The van der Waals surface area contributed by atoms with E-state index in [-0.39, 0.29) is 0 Å². The highest BCUT2D eigenvalue weighted by Gasteiger charge is 2.20. The van der Waals surface area contributed by atoms with Gasteiger partial charge in [-0.15, -0.1) is 0 Å². The van der Waals surface area contributed by atoms with E-state index in [0.29, 0.717) is 5.92 Å². The van der Waals surface area contributed by atoms with Crippen LogP contribution >= 0.6 is 0 Å². The molecule has 0 spiro atoms. The normalized spacial score (nSPS) is 21.9. The fourth-order valence-electron chi connectivity index (χ4n) is 2.39. The number of rotatable bonds is 3. The Bertz CT molecular complexity index is 311. The average Bonchev–Trinajstić information content (AvgIpc) is 2.63. The van der Waals surface area contributed by atoms with E-state index in [1.54, 1.807) is 0 Å². The Morgan fingerprint density at radius 3 is 3.13 bits per heavy atom. The van der Waals surface area contributed by atoms with Crippen LogP contribution in [0.1, 0.15) is 43.6 Å². The van der Waals surface area contributed by atoms with Gasteiger partial charge in [-0.05, 0) is 32.7 Å². The molecular weight excluding hydrogens is 186 g/mol. The van der Waals surface area contributed by atoms with Crippen LogP contribution < -0.4 is 5.32 Å². The number of aromatic nitrogens is 2. The predicted octanol–water partition coefficient (Wildman–Crippen LogP) is 2.07. The van der Waals surface area contributed by atoms with Gasteiger partial charge in [-0.1, -0.05) is 6.92 Å². The van der Waals surface area contributed by atoms with Crippen molar-refractivity contribution < 1.29 is 0 Å². The molecule has 1 aliphatic rings. The summed E-state index contributed by atoms with van der Waals surface area (Å²) in [6.45, 7) is 7.76. The molecule has 3 heteroatoms. The van der Waals surface area contributed by atoms with Crippen molar-refractivity contribution in [3.05, 3.63) is 17.7 Å². The van der Waals surface area contributed by atoms with Gasteiger partial charge in [0.2, 0.25) is 0 Å². The van der Waals surface area contributed by atoms with E-state index in [2.05, 4.69) is 28.7 Å². The summed E-state index contributed by atoms with van der Waals surface area (Å²) in [4.78, 5) is 4.58. The van der Waals surface area contributed by atoms with E-state index in [4.69, 9.17) is 0 Å². The minimum absolute atomic E-state index is 0.624. The van der Waals surface area contributed by atoms with E-state index >= 15 is 0 Å². The van der Waals surface area contributed by atoms with Gasteiger partial charge in [0.05, 0.1) is 0 Å². The van der Waals surface area contributed by atoms with Crippen LogP contribution in [-0.4, -0.2) is 22.6 Å². The zero-order valence-corrected chi connectivity index (χ0v) is 9.79. The Morgan fingerprint density at radius 1 is 1.60 bits per heavy atom. The SMILES string of the molecule is CCCn1c(C)cnc1C1CCCNC1. The van der Waals surface area contributed by atoms with Gasteiger partial charge in [0.1, 0.15) is 5.82 Å². The fraction of sp³-hybridized carbons (Fsp3) is 0.750. The van der Waals surface area contributed by atoms with Gasteiger partial charge in [0, 0.05) is 30.9 Å². The molecule has 1 aliphatic heterocycles. The maximum atomic E-state index is 4.58. The molecule has 0 aliphatic carbocycles. The van der Waals surface area contributed by atoms with Gasteiger partial charge in [-0.25, -0.2) is 4.98 Å². The molecule has 0 radical (unpaired) electrons. The average molecular weight is 207 g/mol. The first-order valence-corrected chi connectivity index (χ1v) is 6.05. The Morgan fingerprint density at radius 2 is 2.47 bits per heavy atom. The minimum atomic E-state index is 0.624. The summed E-state index contributed by atoms with van der Waals surface area (Å²) in [5, 5.41) is 3.46. The first-order valence-electron chi connectivity index (χ1n) is 6.05. The first-order chi connectivity index (χ1) is 7.33. The van der Waals surface area contributed by atoms with Crippen LogP contribution in [-0.2, 0) is 6.54 Å². The number of hydrogen-bond acceptors (Lipinski definition) is 2. The highest BCUT2D eigenvalue weighted by atomic mass is 15.1. The van der Waals surface area contributed by atoms with Crippen LogP contribution in [0.5, 0.6) is 0 Å². The monoisotopic (exact) mass is 207 g/mol. The smallest absolute Gasteiger partial charge is 0.113 e. The number of nitrogens with zero attached hydrogens (tertiary/aromatic N) is 2. The Hall–Kier alpha value is -0.830. The molecule has 3 nitrogen and oxygen atoms in total. The molecule has 0 saturated carbocycles. The summed E-state index contributed by atoms with van der Waals surface area (Å²) in [6, 6.07) is 0. The molecular formula is C12H21N3. The van der Waals surface area contributed by atoms with Crippen molar-refractivity contribution in [3.63, 3.8) is 0 Å². The highest BCUT2D eigenvalue weighted by molar-refractivity contribution is 5.09. The molecule has 0 bridgehead atoms. The second kappa shape index (κ2) is 4.79. The summed E-state index contributed by atoms with van der Waals surface area (Å²) in [6.07, 6.45) is 5.76. The lowest BCUT2D eigenvalue weighted by Crippen LogP contribution is -2.30. The van der Waals surface area contributed by atoms with Crippen molar-refractivity contribution in [2.24, 2.45) is 0 Å². The molecule has 2 rings (SSSR count). The number of piperidine rings is 1. The van der Waals surface area contributed by atoms with Gasteiger partial charge in [-0.3, -0.25) is 0 Å². The number of nitrogens with one attached hydrogen (secondary N) is 1. The van der Waals surface area contributed by atoms with Crippen molar-refractivity contribution >= 4 is 0 Å². The molecule has 15 heavy (non-hydrogen) atoms. The summed E-state index contributed by atoms with van der Waals surface area (Å²) in [5.41, 5.74) is 1.30. The summed E-state index contributed by atoms with van der Waals surface area (Å²) in [5.74, 6) is 1.92. The summed E-state index contributed by atoms with van der Waals surface area (Å²) >= 11 is 0. The van der Waals surface area contributed by atoms with Gasteiger partial charge in [0.25, 0.3) is 0 Å². The Balaban J connectivity index is 2.18. The van der Waals surface area contributed by atoms with Gasteiger partial charge < -0.3 is 9.88 Å². The summed E-state index contributed by atoms with van der Waals surface area (Å²) in [7, 11) is 0. The van der Waals surface area contributed by atoms with E-state index < -0.39 is 0 Å². The molecule has 1 unspecified atom stereocenters. The topological polar surface area (TPSA) is 29.9 Å². The maximum Gasteiger partial charge on any atom is 0.113 e. The molecule has 1 N–H and O–H groups in total. The third-order valence-electron chi connectivity index (χ3n) is 3.20. The van der Waals surface area contributed by atoms with Crippen LogP contribution in [0.3, 0.4) is 0 Å². The zero-order chi connectivity index (χ0) is 10.7. The lowest BCUT2D eigenvalue weighted by atomic mass is 9.99. The van der Waals surface area contributed by atoms with Crippen LogP contribution in [0.25, 0.3) is 0 Å². The number of hydrogen-bond donors (Lipinski definition) is 1. The van der Waals surface area contributed by atoms with Gasteiger partial charge in [-0.2, -0.15) is 0 Å². The molecule has 0 amide bonds. The fourth-order valence-corrected chi connectivity index (χ4v) is 2.39. The quantitative estimate of drug-likeness (QED) is 0.822. The van der Waals surface area contributed by atoms with E-state index in [9.17, 15) is 0 Å². The van der Waals surface area contributed by atoms with Gasteiger partial charge in [0.15, 0.2) is 0 Å². The molecule has 1 saturated heterocycles. The van der Waals surface area contributed by atoms with Gasteiger partial charge >= 0.3 is 0 Å². The Labute approximate surface area is 91.9 Å². The second-order valence-electron chi connectivity index (χ2n) is 4.45. The van der Waals surface area contributed by atoms with Crippen molar-refractivity contribution in [1.29, 1.82) is 0 Å². The molecule has 1 aromatic rings. The number of aryl methyl sites for hydroxylation is 1. The van der Waals surface area contributed by atoms with E-state index in [1.807, 2.05) is 6.20 Å². The zero-order valence-electron chi connectivity index (χ0n) is 9.79. The summed E-state index contributed by atoms with van der Waals surface area (Å²) < 4.78 is 2.39. The second-order valence-corrected chi connectivity index (χ2v) is 4.45. The van der Waals surface area contributed by atoms with Crippen molar-refractivity contribution in [1.82, 2.24) is 14.9 Å². The lowest BCUT2D eigenvalue weighted by Gasteiger charge is -2.23. The van der Waals surface area contributed by atoms with Crippen LogP contribution in [0.2, 0.25) is 0 Å². The predicted molar refractivity (Wildman–Crippen MR) is 62.1 cm³/mol. The molecule has 0 aromatic carbocycles. The minimum Gasteiger partial charge on any atom is -0.332 e. The molecule has 1 atom stereocenters. The van der Waals surface area contributed by atoms with Crippen molar-refractivity contribution in [2.45, 2.75) is 45.6 Å². The third kappa shape index (κ3) is 2.23.